The van der Waals surface area contributed by atoms with Gasteiger partial charge in [-0.15, -0.1) is 0 Å². The Morgan fingerprint density at radius 3 is 2.74 bits per heavy atom. The summed E-state index contributed by atoms with van der Waals surface area (Å²) in [7, 11) is 0. The number of hydrogen-bond acceptors (Lipinski definition) is 3. The summed E-state index contributed by atoms with van der Waals surface area (Å²) in [5.74, 6) is -0.331. The van der Waals surface area contributed by atoms with Crippen LogP contribution in [-0.2, 0) is 4.79 Å². The van der Waals surface area contributed by atoms with Gasteiger partial charge in [-0.25, -0.2) is 4.39 Å². The molecule has 1 heterocycles. The molecule has 1 aliphatic carbocycles. The fourth-order valence-corrected chi connectivity index (χ4v) is 2.88. The van der Waals surface area contributed by atoms with E-state index in [1.54, 1.807) is 6.07 Å². The third-order valence-corrected chi connectivity index (χ3v) is 3.98. The van der Waals surface area contributed by atoms with Crippen LogP contribution < -0.4 is 5.73 Å². The fraction of sp³-hybridized carbons (Fsp3) is 0.429. The first-order valence-corrected chi connectivity index (χ1v) is 6.49. The van der Waals surface area contributed by atoms with E-state index in [4.69, 9.17) is 10.3 Å². The summed E-state index contributed by atoms with van der Waals surface area (Å²) in [6.07, 6.45) is 3.21. The van der Waals surface area contributed by atoms with E-state index in [0.717, 1.165) is 36.8 Å². The summed E-state index contributed by atoms with van der Waals surface area (Å²) >= 11 is 0. The molecule has 0 unspecified atom stereocenters. The van der Waals surface area contributed by atoms with Crippen LogP contribution in [0, 0.1) is 11.7 Å². The summed E-state index contributed by atoms with van der Waals surface area (Å²) in [6.45, 7) is 0. The number of primary amides is 1. The van der Waals surface area contributed by atoms with E-state index in [9.17, 15) is 9.18 Å². The highest BCUT2D eigenvalue weighted by atomic mass is 19.1. The number of nitrogens with two attached hydrogens (primary N) is 1. The third-order valence-electron chi connectivity index (χ3n) is 3.98. The van der Waals surface area contributed by atoms with E-state index in [0.29, 0.717) is 5.58 Å². The molecule has 3 rings (SSSR count). The van der Waals surface area contributed by atoms with Crippen LogP contribution in [0.25, 0.3) is 11.0 Å². The molecule has 5 heteroatoms. The van der Waals surface area contributed by atoms with Crippen LogP contribution in [-0.4, -0.2) is 11.1 Å². The number of hydrogen-bond donors (Lipinski definition) is 1. The molecule has 2 aromatic rings. The van der Waals surface area contributed by atoms with Gasteiger partial charge in [0.05, 0.1) is 5.69 Å². The number of rotatable bonds is 2. The minimum Gasteiger partial charge on any atom is -0.369 e. The SMILES string of the molecule is NC(=O)C1CCC(c2noc3ccc(F)cc23)CC1. The molecule has 0 atom stereocenters. The number of halogens is 1. The van der Waals surface area contributed by atoms with Crippen molar-refractivity contribution in [2.75, 3.05) is 0 Å². The van der Waals surface area contributed by atoms with Crippen molar-refractivity contribution in [3.05, 3.63) is 29.7 Å². The predicted molar refractivity (Wildman–Crippen MR) is 67.9 cm³/mol. The Morgan fingerprint density at radius 2 is 2.05 bits per heavy atom. The number of carbonyl (C=O) groups is 1. The molecule has 1 fully saturated rings. The van der Waals surface area contributed by atoms with Crippen LogP contribution in [0.1, 0.15) is 37.3 Å². The highest BCUT2D eigenvalue weighted by molar-refractivity contribution is 5.80. The van der Waals surface area contributed by atoms with Crippen molar-refractivity contribution in [1.82, 2.24) is 5.16 Å². The topological polar surface area (TPSA) is 69.1 Å². The van der Waals surface area contributed by atoms with Crippen LogP contribution in [0.15, 0.2) is 22.7 Å². The number of amides is 1. The van der Waals surface area contributed by atoms with Gasteiger partial charge in [0.15, 0.2) is 5.58 Å². The van der Waals surface area contributed by atoms with Gasteiger partial charge >= 0.3 is 0 Å². The summed E-state index contributed by atoms with van der Waals surface area (Å²) < 4.78 is 18.5. The quantitative estimate of drug-likeness (QED) is 0.904. The van der Waals surface area contributed by atoms with Gasteiger partial charge in [-0.2, -0.15) is 0 Å². The Morgan fingerprint density at radius 1 is 1.32 bits per heavy atom. The number of carbonyl (C=O) groups excluding carboxylic acids is 1. The molecule has 0 saturated heterocycles. The van der Waals surface area contributed by atoms with Crippen LogP contribution in [0.5, 0.6) is 0 Å². The highest BCUT2D eigenvalue weighted by Gasteiger charge is 2.28. The molecular weight excluding hydrogens is 247 g/mol. The maximum Gasteiger partial charge on any atom is 0.220 e. The average Bonchev–Trinajstić information content (AvgIpc) is 2.81. The van der Waals surface area contributed by atoms with Crippen molar-refractivity contribution in [3.63, 3.8) is 0 Å². The van der Waals surface area contributed by atoms with Crippen LogP contribution >= 0.6 is 0 Å². The van der Waals surface area contributed by atoms with Crippen LogP contribution in [0.4, 0.5) is 4.39 Å². The van der Waals surface area contributed by atoms with Crippen molar-refractivity contribution in [2.24, 2.45) is 11.7 Å². The second-order valence-electron chi connectivity index (χ2n) is 5.16. The number of benzene rings is 1. The van der Waals surface area contributed by atoms with Gasteiger partial charge < -0.3 is 10.3 Å². The lowest BCUT2D eigenvalue weighted by molar-refractivity contribution is -0.122. The van der Waals surface area contributed by atoms with Gasteiger partial charge in [0.25, 0.3) is 0 Å². The Kier molecular flexibility index (Phi) is 2.97. The zero-order valence-corrected chi connectivity index (χ0v) is 10.4. The first-order valence-electron chi connectivity index (χ1n) is 6.49. The zero-order chi connectivity index (χ0) is 13.4. The molecule has 1 amide bonds. The molecule has 0 bridgehead atoms. The van der Waals surface area contributed by atoms with Gasteiger partial charge in [-0.05, 0) is 43.9 Å². The van der Waals surface area contributed by atoms with E-state index in [1.807, 2.05) is 0 Å². The minimum absolute atomic E-state index is 0.0360. The van der Waals surface area contributed by atoms with E-state index >= 15 is 0 Å². The summed E-state index contributed by atoms with van der Waals surface area (Å²) in [5.41, 5.74) is 6.73. The van der Waals surface area contributed by atoms with Crippen molar-refractivity contribution in [3.8, 4) is 0 Å². The molecule has 0 spiro atoms. The fourth-order valence-electron chi connectivity index (χ4n) is 2.88. The molecule has 4 nitrogen and oxygen atoms in total. The van der Waals surface area contributed by atoms with Crippen LogP contribution in [0.2, 0.25) is 0 Å². The predicted octanol–water partition coefficient (Wildman–Crippen LogP) is 2.73. The van der Waals surface area contributed by atoms with Crippen molar-refractivity contribution < 1.29 is 13.7 Å². The Balaban J connectivity index is 1.85. The van der Waals surface area contributed by atoms with E-state index < -0.39 is 0 Å². The lowest BCUT2D eigenvalue weighted by Crippen LogP contribution is -2.27. The third kappa shape index (κ3) is 2.20. The standard InChI is InChI=1S/C14H15FN2O2/c15-10-5-6-12-11(7-10)13(17-19-12)8-1-3-9(4-2-8)14(16)18/h5-9H,1-4H2,(H2,16,18). The van der Waals surface area contributed by atoms with E-state index in [2.05, 4.69) is 5.16 Å². The Bertz CT molecular complexity index is 615. The maximum absolute atomic E-state index is 13.3. The number of fused-ring (bicyclic) bond motifs is 1. The zero-order valence-electron chi connectivity index (χ0n) is 10.4. The second kappa shape index (κ2) is 4.64. The number of aromatic nitrogens is 1. The largest absolute Gasteiger partial charge is 0.369 e. The maximum atomic E-state index is 13.3. The van der Waals surface area contributed by atoms with Crippen LogP contribution in [0.3, 0.4) is 0 Å². The van der Waals surface area contributed by atoms with Crippen molar-refractivity contribution in [2.45, 2.75) is 31.6 Å². The molecule has 2 N–H and O–H groups in total. The van der Waals surface area contributed by atoms with Gasteiger partial charge in [0.1, 0.15) is 5.82 Å². The monoisotopic (exact) mass is 262 g/mol. The van der Waals surface area contributed by atoms with Gasteiger partial charge in [-0.3, -0.25) is 4.79 Å². The van der Waals surface area contributed by atoms with Gasteiger partial charge in [-0.1, -0.05) is 5.16 Å². The second-order valence-corrected chi connectivity index (χ2v) is 5.16. The molecule has 0 aliphatic heterocycles. The molecule has 100 valence electrons. The smallest absolute Gasteiger partial charge is 0.220 e. The van der Waals surface area contributed by atoms with Crippen molar-refractivity contribution >= 4 is 16.9 Å². The molecule has 1 aromatic carbocycles. The molecule has 1 aromatic heterocycles. The normalized spacial score (nSPS) is 23.6. The van der Waals surface area contributed by atoms with Gasteiger partial charge in [0, 0.05) is 17.2 Å². The highest BCUT2D eigenvalue weighted by Crippen LogP contribution is 2.38. The lowest BCUT2D eigenvalue weighted by atomic mass is 9.79. The minimum atomic E-state index is -0.289. The summed E-state index contributed by atoms with van der Waals surface area (Å²) in [5, 5.41) is 4.81. The lowest BCUT2D eigenvalue weighted by Gasteiger charge is -2.25. The van der Waals surface area contributed by atoms with E-state index in [-0.39, 0.29) is 23.6 Å². The molecular formula is C14H15FN2O2. The molecule has 0 radical (unpaired) electrons. The molecule has 1 aliphatic rings. The average molecular weight is 262 g/mol. The van der Waals surface area contributed by atoms with Gasteiger partial charge in [0.2, 0.25) is 5.91 Å². The van der Waals surface area contributed by atoms with E-state index in [1.165, 1.54) is 12.1 Å². The Labute approximate surface area is 109 Å². The molecule has 19 heavy (non-hydrogen) atoms. The number of nitrogens with zero attached hydrogens (tertiary/aromatic N) is 1. The summed E-state index contributed by atoms with van der Waals surface area (Å²) in [4.78, 5) is 11.1. The molecule has 1 saturated carbocycles. The Hall–Kier alpha value is -1.91. The first-order chi connectivity index (χ1) is 9.15. The van der Waals surface area contributed by atoms with Crippen molar-refractivity contribution in [1.29, 1.82) is 0 Å². The first kappa shape index (κ1) is 12.1. The summed E-state index contributed by atoms with van der Waals surface area (Å²) in [6, 6.07) is 4.42.